The Bertz CT molecular complexity index is 357. The van der Waals surface area contributed by atoms with Crippen LogP contribution in [-0.2, 0) is 36.3 Å². The molecule has 0 spiro atoms. The maximum atomic E-state index is 12.4. The molecule has 0 heterocycles. The van der Waals surface area contributed by atoms with Gasteiger partial charge in [0.2, 0.25) is 0 Å². The number of rotatable bonds is 19. The fraction of sp³-hybridized carbons (Fsp3) is 1.00. The summed E-state index contributed by atoms with van der Waals surface area (Å²) in [5.41, 5.74) is 0. The molecule has 0 radical (unpaired) electrons. The highest BCUT2D eigenvalue weighted by atomic mass is 31.2. The molecule has 0 aliphatic carbocycles. The second-order valence-electron chi connectivity index (χ2n) is 5.60. The lowest BCUT2D eigenvalue weighted by molar-refractivity contribution is 0.100. The van der Waals surface area contributed by atoms with Gasteiger partial charge in [0.15, 0.2) is 0 Å². The standard InChI is InChI=1S/C16H36O8P2/c1-5-11-19-25(17,20-12-6-2)23-15-9-10-16-24-26(18,21-13-7-3)22-14-8-4/h5-16H2,1-4H3. The first-order chi connectivity index (χ1) is 12.4. The van der Waals surface area contributed by atoms with Gasteiger partial charge in [0.25, 0.3) is 0 Å². The van der Waals surface area contributed by atoms with Gasteiger partial charge >= 0.3 is 15.6 Å². The molecule has 0 saturated carbocycles. The summed E-state index contributed by atoms with van der Waals surface area (Å²) in [6, 6.07) is 0. The number of phosphoric ester groups is 2. The second kappa shape index (κ2) is 16.2. The van der Waals surface area contributed by atoms with E-state index in [2.05, 4.69) is 0 Å². The van der Waals surface area contributed by atoms with Gasteiger partial charge < -0.3 is 0 Å². The molecule has 0 aromatic rings. The molecular weight excluding hydrogens is 382 g/mol. The second-order valence-corrected chi connectivity index (χ2v) is 8.94. The van der Waals surface area contributed by atoms with Gasteiger partial charge in [-0.15, -0.1) is 0 Å². The third-order valence-corrected chi connectivity index (χ3v) is 5.84. The maximum Gasteiger partial charge on any atom is 0.474 e. The van der Waals surface area contributed by atoms with Crippen molar-refractivity contribution in [1.29, 1.82) is 0 Å². The summed E-state index contributed by atoms with van der Waals surface area (Å²) in [5, 5.41) is 0. The Hall–Kier alpha value is 0.220. The largest absolute Gasteiger partial charge is 0.474 e. The molecule has 8 nitrogen and oxygen atoms in total. The molecule has 26 heavy (non-hydrogen) atoms. The molecule has 0 fully saturated rings. The van der Waals surface area contributed by atoms with Crippen LogP contribution in [0.1, 0.15) is 66.2 Å². The van der Waals surface area contributed by atoms with Gasteiger partial charge in [0.1, 0.15) is 0 Å². The third kappa shape index (κ3) is 13.4. The van der Waals surface area contributed by atoms with E-state index in [1.165, 1.54) is 0 Å². The first-order valence-corrected chi connectivity index (χ1v) is 12.4. The molecule has 0 rings (SSSR count). The fourth-order valence-electron chi connectivity index (χ4n) is 1.59. The predicted octanol–water partition coefficient (Wildman–Crippen LogP) is 5.72. The van der Waals surface area contributed by atoms with E-state index in [9.17, 15) is 9.13 Å². The smallest absolute Gasteiger partial charge is 0.287 e. The Labute approximate surface area is 158 Å². The summed E-state index contributed by atoms with van der Waals surface area (Å²) < 4.78 is 56.3. The molecule has 158 valence electrons. The molecule has 0 aliphatic rings. The summed E-state index contributed by atoms with van der Waals surface area (Å²) in [6.07, 6.45) is 4.00. The van der Waals surface area contributed by atoms with Crippen LogP contribution in [0, 0.1) is 0 Å². The Balaban J connectivity index is 4.16. The molecular formula is C16H36O8P2. The molecule has 0 aromatic carbocycles. The van der Waals surface area contributed by atoms with E-state index in [1.807, 2.05) is 27.7 Å². The number of unbranched alkanes of at least 4 members (excludes halogenated alkanes) is 1. The van der Waals surface area contributed by atoms with Crippen LogP contribution < -0.4 is 0 Å². The Morgan fingerprint density at radius 2 is 0.692 bits per heavy atom. The molecule has 0 amide bonds. The summed E-state index contributed by atoms with van der Waals surface area (Å²) >= 11 is 0. The van der Waals surface area contributed by atoms with E-state index in [0.29, 0.717) is 39.3 Å². The zero-order valence-corrected chi connectivity index (χ0v) is 18.4. The van der Waals surface area contributed by atoms with Crippen molar-refractivity contribution < 1.29 is 36.3 Å². The fourth-order valence-corrected chi connectivity index (χ4v) is 4.37. The molecule has 0 N–H and O–H groups in total. The van der Waals surface area contributed by atoms with Gasteiger partial charge in [-0.2, -0.15) is 0 Å². The van der Waals surface area contributed by atoms with Gasteiger partial charge in [-0.25, -0.2) is 9.13 Å². The summed E-state index contributed by atoms with van der Waals surface area (Å²) in [5.74, 6) is 0. The minimum atomic E-state index is -3.51. The lowest BCUT2D eigenvalue weighted by Crippen LogP contribution is -2.05. The van der Waals surface area contributed by atoms with Gasteiger partial charge in [-0.05, 0) is 38.5 Å². The quantitative estimate of drug-likeness (QED) is 0.194. The van der Waals surface area contributed by atoms with Gasteiger partial charge in [0, 0.05) is 0 Å². The molecule has 0 aliphatic heterocycles. The van der Waals surface area contributed by atoms with E-state index in [4.69, 9.17) is 27.1 Å². The van der Waals surface area contributed by atoms with Crippen molar-refractivity contribution in [1.82, 2.24) is 0 Å². The normalized spacial score (nSPS) is 12.6. The first kappa shape index (κ1) is 26.2. The molecule has 0 unspecified atom stereocenters. The molecule has 0 aromatic heterocycles. The van der Waals surface area contributed by atoms with Crippen molar-refractivity contribution in [2.45, 2.75) is 66.2 Å². The number of phosphoric acid groups is 2. The molecule has 0 bridgehead atoms. The Morgan fingerprint density at radius 1 is 0.462 bits per heavy atom. The van der Waals surface area contributed by atoms with Crippen molar-refractivity contribution in [3.05, 3.63) is 0 Å². The zero-order valence-electron chi connectivity index (χ0n) is 16.6. The van der Waals surface area contributed by atoms with E-state index in [-0.39, 0.29) is 13.2 Å². The van der Waals surface area contributed by atoms with E-state index in [0.717, 1.165) is 25.7 Å². The van der Waals surface area contributed by atoms with Crippen LogP contribution in [0.25, 0.3) is 0 Å². The minimum Gasteiger partial charge on any atom is -0.287 e. The highest BCUT2D eigenvalue weighted by molar-refractivity contribution is 7.48. The topological polar surface area (TPSA) is 89.5 Å². The SMILES string of the molecule is CCCOP(=O)(OCCC)OCCCCOP(=O)(OCCC)OCCC. The van der Waals surface area contributed by atoms with Crippen LogP contribution in [0.5, 0.6) is 0 Å². The average Bonchev–Trinajstić information content (AvgIpc) is 2.64. The molecule has 0 saturated heterocycles. The van der Waals surface area contributed by atoms with E-state index in [1.54, 1.807) is 0 Å². The first-order valence-electron chi connectivity index (χ1n) is 9.52. The zero-order chi connectivity index (χ0) is 19.7. The van der Waals surface area contributed by atoms with E-state index < -0.39 is 15.6 Å². The Kier molecular flexibility index (Phi) is 16.3. The maximum absolute atomic E-state index is 12.4. The molecule has 0 atom stereocenters. The van der Waals surface area contributed by atoms with Crippen LogP contribution in [-0.4, -0.2) is 39.6 Å². The van der Waals surface area contributed by atoms with Crippen LogP contribution in [0.4, 0.5) is 0 Å². The highest BCUT2D eigenvalue weighted by Gasteiger charge is 2.27. The summed E-state index contributed by atoms with van der Waals surface area (Å²) in [6.45, 7) is 9.33. The van der Waals surface area contributed by atoms with Crippen molar-refractivity contribution >= 4 is 15.6 Å². The monoisotopic (exact) mass is 418 g/mol. The van der Waals surface area contributed by atoms with Crippen molar-refractivity contribution in [3.63, 3.8) is 0 Å². The van der Waals surface area contributed by atoms with E-state index >= 15 is 0 Å². The van der Waals surface area contributed by atoms with Crippen molar-refractivity contribution in [3.8, 4) is 0 Å². The Morgan fingerprint density at radius 3 is 0.923 bits per heavy atom. The van der Waals surface area contributed by atoms with Crippen LogP contribution in [0.3, 0.4) is 0 Å². The third-order valence-electron chi connectivity index (χ3n) is 2.85. The average molecular weight is 418 g/mol. The predicted molar refractivity (Wildman–Crippen MR) is 101 cm³/mol. The van der Waals surface area contributed by atoms with Crippen molar-refractivity contribution in [2.24, 2.45) is 0 Å². The van der Waals surface area contributed by atoms with Gasteiger partial charge in [-0.1, -0.05) is 27.7 Å². The highest BCUT2D eigenvalue weighted by Crippen LogP contribution is 2.50. The molecule has 10 heteroatoms. The van der Waals surface area contributed by atoms with Crippen LogP contribution >= 0.6 is 15.6 Å². The van der Waals surface area contributed by atoms with Gasteiger partial charge in [-0.3, -0.25) is 27.1 Å². The van der Waals surface area contributed by atoms with Crippen LogP contribution in [0.2, 0.25) is 0 Å². The lowest BCUT2D eigenvalue weighted by Gasteiger charge is -2.18. The van der Waals surface area contributed by atoms with Gasteiger partial charge in [0.05, 0.1) is 39.6 Å². The van der Waals surface area contributed by atoms with Crippen molar-refractivity contribution in [2.75, 3.05) is 39.6 Å². The summed E-state index contributed by atoms with van der Waals surface area (Å²) in [4.78, 5) is 0. The minimum absolute atomic E-state index is 0.198. The number of hydrogen-bond acceptors (Lipinski definition) is 8. The van der Waals surface area contributed by atoms with Crippen LogP contribution in [0.15, 0.2) is 0 Å². The number of hydrogen-bond donors (Lipinski definition) is 0. The lowest BCUT2D eigenvalue weighted by atomic mass is 10.3. The summed E-state index contributed by atoms with van der Waals surface area (Å²) in [7, 11) is -7.02.